The average molecular weight is 423 g/mol. The van der Waals surface area contributed by atoms with Crippen molar-refractivity contribution in [3.05, 3.63) is 64.4 Å². The van der Waals surface area contributed by atoms with Gasteiger partial charge in [-0.05, 0) is 41.5 Å². The Morgan fingerprint density at radius 2 is 2.00 bits per heavy atom. The highest BCUT2D eigenvalue weighted by atomic mass is 35.5. The lowest BCUT2D eigenvalue weighted by molar-refractivity contribution is -0.182. The molecule has 1 fully saturated rings. The van der Waals surface area contributed by atoms with Gasteiger partial charge in [-0.2, -0.15) is 0 Å². The number of nitrogens with zero attached hydrogens (tertiary/aromatic N) is 1. The topological polar surface area (TPSA) is 88.1 Å². The summed E-state index contributed by atoms with van der Waals surface area (Å²) < 4.78 is 23.4. The standard InChI is InChI=1S/C20H20ClFN2O5/c1-28-17-4-2-13(3-5-17)12-24-7-6-20(27,18(24)25)29-19(26)23-11-14-8-15(21)10-16(22)9-14/h2-5,8-10,27H,6-7,11-12H2,1H3,(H,23,26). The molecule has 154 valence electrons. The molecule has 7 nitrogen and oxygen atoms in total. The molecule has 2 aromatic carbocycles. The van der Waals surface area contributed by atoms with Gasteiger partial charge in [-0.1, -0.05) is 23.7 Å². The molecule has 0 aromatic heterocycles. The van der Waals surface area contributed by atoms with Crippen LogP contribution in [-0.4, -0.2) is 41.4 Å². The summed E-state index contributed by atoms with van der Waals surface area (Å²) in [6.07, 6.45) is -1.05. The number of rotatable bonds is 6. The van der Waals surface area contributed by atoms with Gasteiger partial charge >= 0.3 is 6.09 Å². The zero-order valence-electron chi connectivity index (χ0n) is 15.7. The first kappa shape index (κ1) is 20.9. The van der Waals surface area contributed by atoms with Crippen LogP contribution in [0.4, 0.5) is 9.18 Å². The number of ether oxygens (including phenoxy) is 2. The summed E-state index contributed by atoms with van der Waals surface area (Å²) in [5.74, 6) is -2.79. The molecule has 2 aromatic rings. The van der Waals surface area contributed by atoms with Gasteiger partial charge in [0.25, 0.3) is 11.7 Å². The van der Waals surface area contributed by atoms with Crippen molar-refractivity contribution in [2.75, 3.05) is 13.7 Å². The summed E-state index contributed by atoms with van der Waals surface area (Å²) >= 11 is 5.76. The zero-order chi connectivity index (χ0) is 21.0. The molecule has 2 amide bonds. The lowest BCUT2D eigenvalue weighted by Gasteiger charge is -2.22. The van der Waals surface area contributed by atoms with E-state index in [9.17, 15) is 19.1 Å². The molecule has 1 saturated heterocycles. The van der Waals surface area contributed by atoms with Crippen molar-refractivity contribution in [1.82, 2.24) is 10.2 Å². The van der Waals surface area contributed by atoms with Crippen LogP contribution >= 0.6 is 11.6 Å². The number of halogens is 2. The van der Waals surface area contributed by atoms with Crippen LogP contribution < -0.4 is 10.1 Å². The minimum atomic E-state index is -2.24. The molecule has 29 heavy (non-hydrogen) atoms. The summed E-state index contributed by atoms with van der Waals surface area (Å²) in [6.45, 7) is 0.419. The lowest BCUT2D eigenvalue weighted by atomic mass is 10.2. The van der Waals surface area contributed by atoms with Crippen LogP contribution in [0.1, 0.15) is 17.5 Å². The molecule has 0 radical (unpaired) electrons. The molecular weight excluding hydrogens is 403 g/mol. The van der Waals surface area contributed by atoms with Crippen LogP contribution in [0.5, 0.6) is 5.75 Å². The Morgan fingerprint density at radius 3 is 2.66 bits per heavy atom. The first-order chi connectivity index (χ1) is 13.8. The van der Waals surface area contributed by atoms with Crippen LogP contribution in [0.3, 0.4) is 0 Å². The first-order valence-electron chi connectivity index (χ1n) is 8.85. The predicted octanol–water partition coefficient (Wildman–Crippen LogP) is 2.84. The van der Waals surface area contributed by atoms with Crippen molar-refractivity contribution in [2.24, 2.45) is 0 Å². The number of carbonyl (C=O) groups is 2. The van der Waals surface area contributed by atoms with E-state index in [1.54, 1.807) is 31.4 Å². The van der Waals surface area contributed by atoms with E-state index in [0.29, 0.717) is 11.3 Å². The van der Waals surface area contributed by atoms with Gasteiger partial charge in [-0.15, -0.1) is 0 Å². The highest BCUT2D eigenvalue weighted by Crippen LogP contribution is 2.26. The number of nitrogens with one attached hydrogen (secondary N) is 1. The fourth-order valence-corrected chi connectivity index (χ4v) is 3.26. The third-order valence-corrected chi connectivity index (χ3v) is 4.71. The third-order valence-electron chi connectivity index (χ3n) is 4.50. The summed E-state index contributed by atoms with van der Waals surface area (Å²) in [6, 6.07) is 11.0. The van der Waals surface area contributed by atoms with E-state index in [-0.39, 0.29) is 31.1 Å². The summed E-state index contributed by atoms with van der Waals surface area (Å²) in [4.78, 5) is 26.0. The molecule has 0 spiro atoms. The van der Waals surface area contributed by atoms with Gasteiger partial charge in [-0.3, -0.25) is 4.79 Å². The normalized spacial score (nSPS) is 18.6. The molecule has 1 aliphatic heterocycles. The Kier molecular flexibility index (Phi) is 6.24. The minimum absolute atomic E-state index is 0.0544. The average Bonchev–Trinajstić information content (AvgIpc) is 2.94. The number of carbonyl (C=O) groups excluding carboxylic acids is 2. The largest absolute Gasteiger partial charge is 0.497 e. The second-order valence-corrected chi connectivity index (χ2v) is 7.07. The molecule has 0 saturated carbocycles. The van der Waals surface area contributed by atoms with Crippen LogP contribution in [0.25, 0.3) is 0 Å². The van der Waals surface area contributed by atoms with Gasteiger partial charge in [0.15, 0.2) is 0 Å². The van der Waals surface area contributed by atoms with Crippen LogP contribution in [0, 0.1) is 5.82 Å². The second-order valence-electron chi connectivity index (χ2n) is 6.63. The number of methoxy groups -OCH3 is 1. The number of hydrogen-bond acceptors (Lipinski definition) is 5. The number of alkyl carbamates (subject to hydrolysis) is 1. The van der Waals surface area contributed by atoms with E-state index in [1.165, 1.54) is 17.0 Å². The number of benzene rings is 2. The number of aliphatic hydroxyl groups is 1. The molecule has 1 heterocycles. The Hall–Kier alpha value is -2.84. The van der Waals surface area contributed by atoms with E-state index in [1.807, 2.05) is 0 Å². The lowest BCUT2D eigenvalue weighted by Crippen LogP contribution is -2.45. The molecule has 0 aliphatic carbocycles. The number of likely N-dealkylation sites (tertiary alicyclic amines) is 1. The smallest absolute Gasteiger partial charge is 0.410 e. The molecule has 1 aliphatic rings. The van der Waals surface area contributed by atoms with E-state index in [2.05, 4.69) is 5.32 Å². The second kappa shape index (κ2) is 8.67. The van der Waals surface area contributed by atoms with Gasteiger partial charge in [-0.25, -0.2) is 9.18 Å². The van der Waals surface area contributed by atoms with Crippen molar-refractivity contribution < 1.29 is 28.6 Å². The molecule has 2 N–H and O–H groups in total. The Morgan fingerprint density at radius 1 is 1.28 bits per heavy atom. The maximum absolute atomic E-state index is 13.3. The first-order valence-corrected chi connectivity index (χ1v) is 9.23. The molecule has 1 unspecified atom stereocenters. The van der Waals surface area contributed by atoms with Gasteiger partial charge in [0.2, 0.25) is 0 Å². The molecular formula is C20H20ClFN2O5. The van der Waals surface area contributed by atoms with Gasteiger partial charge in [0, 0.05) is 31.1 Å². The van der Waals surface area contributed by atoms with Crippen molar-refractivity contribution in [1.29, 1.82) is 0 Å². The maximum Gasteiger partial charge on any atom is 0.410 e. The number of hydrogen-bond donors (Lipinski definition) is 2. The van der Waals surface area contributed by atoms with Gasteiger partial charge < -0.3 is 24.8 Å². The van der Waals surface area contributed by atoms with Crippen molar-refractivity contribution >= 4 is 23.6 Å². The summed E-state index contributed by atoms with van der Waals surface area (Å²) in [5, 5.41) is 13.0. The predicted molar refractivity (Wildman–Crippen MR) is 103 cm³/mol. The Balaban J connectivity index is 1.55. The van der Waals surface area contributed by atoms with E-state index in [4.69, 9.17) is 21.1 Å². The van der Waals surface area contributed by atoms with Gasteiger partial charge in [0.05, 0.1) is 7.11 Å². The summed E-state index contributed by atoms with van der Waals surface area (Å²) in [7, 11) is 1.56. The molecule has 3 rings (SSSR count). The molecule has 0 bridgehead atoms. The maximum atomic E-state index is 13.3. The Bertz CT molecular complexity index is 888. The monoisotopic (exact) mass is 422 g/mol. The third kappa shape index (κ3) is 5.16. The fourth-order valence-electron chi connectivity index (χ4n) is 3.02. The van der Waals surface area contributed by atoms with Crippen LogP contribution in [-0.2, 0) is 22.6 Å². The summed E-state index contributed by atoms with van der Waals surface area (Å²) in [5.41, 5.74) is 1.26. The van der Waals surface area contributed by atoms with Gasteiger partial charge in [0.1, 0.15) is 11.6 Å². The molecule has 1 atom stereocenters. The van der Waals surface area contributed by atoms with E-state index in [0.717, 1.165) is 11.6 Å². The quantitative estimate of drug-likeness (QED) is 0.699. The minimum Gasteiger partial charge on any atom is -0.497 e. The SMILES string of the molecule is COc1ccc(CN2CCC(O)(OC(=O)NCc3cc(F)cc(Cl)c3)C2=O)cc1. The van der Waals surface area contributed by atoms with Crippen LogP contribution in [0.2, 0.25) is 5.02 Å². The fraction of sp³-hybridized carbons (Fsp3) is 0.300. The van der Waals surface area contributed by atoms with Crippen molar-refractivity contribution in [2.45, 2.75) is 25.3 Å². The van der Waals surface area contributed by atoms with E-state index < -0.39 is 23.6 Å². The Labute approximate surface area is 172 Å². The van der Waals surface area contributed by atoms with Crippen molar-refractivity contribution in [3.63, 3.8) is 0 Å². The highest BCUT2D eigenvalue weighted by molar-refractivity contribution is 6.30. The van der Waals surface area contributed by atoms with E-state index >= 15 is 0 Å². The zero-order valence-corrected chi connectivity index (χ0v) is 16.4. The number of amides is 2. The van der Waals surface area contributed by atoms with Crippen LogP contribution in [0.15, 0.2) is 42.5 Å². The van der Waals surface area contributed by atoms with Crippen molar-refractivity contribution in [3.8, 4) is 5.75 Å². The highest BCUT2D eigenvalue weighted by Gasteiger charge is 2.49. The molecule has 9 heteroatoms.